The first kappa shape index (κ1) is 19.4. The molecule has 1 heterocycles. The fraction of sp³-hybridized carbons (Fsp3) is 0.700. The number of aliphatic hydroxyl groups is 1. The number of piperazine rings is 1. The summed E-state index contributed by atoms with van der Waals surface area (Å²) in [6, 6.07) is 5.92. The average molecular weight is 364 g/mol. The highest BCUT2D eigenvalue weighted by Crippen LogP contribution is 2.28. The normalized spacial score (nSPS) is 20.1. The molecule has 0 amide bonds. The summed E-state index contributed by atoms with van der Waals surface area (Å²) in [6.45, 7) is 6.93. The number of benzene rings is 1. The first-order valence-corrected chi connectivity index (χ1v) is 9.73. The van der Waals surface area contributed by atoms with E-state index in [0.717, 1.165) is 62.2 Å². The minimum absolute atomic E-state index is 0.301. The van der Waals surface area contributed by atoms with Crippen LogP contribution in [0.4, 0.5) is 0 Å². The van der Waals surface area contributed by atoms with Crippen LogP contribution in [-0.4, -0.2) is 81.0 Å². The van der Waals surface area contributed by atoms with Gasteiger partial charge < -0.3 is 24.8 Å². The lowest BCUT2D eigenvalue weighted by Gasteiger charge is -2.33. The van der Waals surface area contributed by atoms with Crippen LogP contribution in [0.3, 0.4) is 0 Å². The van der Waals surface area contributed by atoms with Gasteiger partial charge in [-0.1, -0.05) is 6.07 Å². The average Bonchev–Trinajstić information content (AvgIpc) is 3.47. The van der Waals surface area contributed by atoms with Gasteiger partial charge in [-0.05, 0) is 38.4 Å². The molecule has 1 saturated carbocycles. The Balaban J connectivity index is 1.49. The van der Waals surface area contributed by atoms with E-state index < -0.39 is 6.10 Å². The molecule has 2 N–H and O–H groups in total. The predicted octanol–water partition coefficient (Wildman–Crippen LogP) is 1.18. The van der Waals surface area contributed by atoms with E-state index in [1.165, 1.54) is 12.8 Å². The van der Waals surface area contributed by atoms with Crippen LogP contribution in [0.2, 0.25) is 0 Å². The number of ether oxygens (including phenoxy) is 2. The van der Waals surface area contributed by atoms with Crippen LogP contribution in [0.5, 0.6) is 11.5 Å². The maximum atomic E-state index is 10.4. The van der Waals surface area contributed by atoms with Crippen LogP contribution in [0, 0.1) is 5.92 Å². The minimum atomic E-state index is -0.489. The van der Waals surface area contributed by atoms with E-state index in [1.807, 2.05) is 18.2 Å². The van der Waals surface area contributed by atoms with E-state index in [0.29, 0.717) is 13.2 Å². The molecule has 0 radical (unpaired) electrons. The Hall–Kier alpha value is -1.34. The summed E-state index contributed by atoms with van der Waals surface area (Å²) < 4.78 is 11.3. The third-order valence-electron chi connectivity index (χ3n) is 5.22. The van der Waals surface area contributed by atoms with Crippen molar-refractivity contribution in [2.24, 2.45) is 5.92 Å². The lowest BCUT2D eigenvalue weighted by Crippen LogP contribution is -2.47. The number of aliphatic hydroxyl groups excluding tert-OH is 1. The van der Waals surface area contributed by atoms with Gasteiger partial charge in [-0.2, -0.15) is 0 Å². The lowest BCUT2D eigenvalue weighted by atomic mass is 10.2. The summed E-state index contributed by atoms with van der Waals surface area (Å²) in [7, 11) is 3.80. The zero-order valence-corrected chi connectivity index (χ0v) is 16.1. The van der Waals surface area contributed by atoms with Crippen molar-refractivity contribution < 1.29 is 14.6 Å². The quantitative estimate of drug-likeness (QED) is 0.651. The van der Waals surface area contributed by atoms with Gasteiger partial charge in [0.2, 0.25) is 0 Å². The second kappa shape index (κ2) is 9.55. The van der Waals surface area contributed by atoms with Crippen molar-refractivity contribution in [3.8, 4) is 11.5 Å². The second-order valence-electron chi connectivity index (χ2n) is 7.62. The summed E-state index contributed by atoms with van der Waals surface area (Å²) >= 11 is 0. The second-order valence-corrected chi connectivity index (χ2v) is 7.62. The van der Waals surface area contributed by atoms with Crippen molar-refractivity contribution in [3.05, 3.63) is 23.8 Å². The molecule has 0 aromatic heterocycles. The van der Waals surface area contributed by atoms with Gasteiger partial charge in [-0.25, -0.2) is 0 Å². The molecule has 0 unspecified atom stereocenters. The first-order chi connectivity index (χ1) is 12.6. The Labute approximate surface area is 157 Å². The number of β-amino-alcohol motifs (C(OH)–C–C–N with tert-alkyl or cyclic N) is 1. The summed E-state index contributed by atoms with van der Waals surface area (Å²) in [6.07, 6.45) is 2.20. The number of nitrogens with one attached hydrogen (secondary N) is 1. The van der Waals surface area contributed by atoms with Crippen LogP contribution in [-0.2, 0) is 6.54 Å². The van der Waals surface area contributed by atoms with Crippen LogP contribution in [0.25, 0.3) is 0 Å². The van der Waals surface area contributed by atoms with Crippen LogP contribution in [0.15, 0.2) is 18.2 Å². The standard InChI is InChI=1S/C20H33N3O3/c1-22-7-9-23(10-8-22)14-18(24)15-26-20-11-19(25-2)6-5-17(20)13-21-12-16-3-4-16/h5-6,11,16,18,21,24H,3-4,7-10,12-15H2,1-2H3/t18-/m1/s1. The molecule has 1 saturated heterocycles. The number of hydrogen-bond donors (Lipinski definition) is 2. The molecule has 2 fully saturated rings. The van der Waals surface area contributed by atoms with E-state index in [9.17, 15) is 5.11 Å². The Morgan fingerprint density at radius 1 is 1.23 bits per heavy atom. The Kier molecular flexibility index (Phi) is 7.14. The summed E-state index contributed by atoms with van der Waals surface area (Å²) in [5.41, 5.74) is 1.11. The summed E-state index contributed by atoms with van der Waals surface area (Å²) in [5, 5.41) is 13.9. The van der Waals surface area contributed by atoms with E-state index in [2.05, 4.69) is 22.2 Å². The molecule has 1 aliphatic heterocycles. The van der Waals surface area contributed by atoms with Gasteiger partial charge in [-0.3, -0.25) is 4.90 Å². The number of hydrogen-bond acceptors (Lipinski definition) is 6. The molecule has 0 spiro atoms. The van der Waals surface area contributed by atoms with Gasteiger partial charge in [0.1, 0.15) is 24.2 Å². The number of nitrogens with zero attached hydrogens (tertiary/aromatic N) is 2. The molecule has 1 aromatic carbocycles. The van der Waals surface area contributed by atoms with Crippen LogP contribution < -0.4 is 14.8 Å². The van der Waals surface area contributed by atoms with Crippen molar-refractivity contribution in [2.45, 2.75) is 25.5 Å². The van der Waals surface area contributed by atoms with E-state index in [1.54, 1.807) is 7.11 Å². The first-order valence-electron chi connectivity index (χ1n) is 9.73. The SMILES string of the molecule is COc1ccc(CNCC2CC2)c(OC[C@H](O)CN2CCN(C)CC2)c1. The molecule has 146 valence electrons. The Morgan fingerprint density at radius 2 is 2.00 bits per heavy atom. The van der Waals surface area contributed by atoms with Crippen molar-refractivity contribution >= 4 is 0 Å². The zero-order chi connectivity index (χ0) is 18.4. The van der Waals surface area contributed by atoms with Crippen molar-refractivity contribution in [1.29, 1.82) is 0 Å². The fourth-order valence-electron chi connectivity index (χ4n) is 3.24. The highest BCUT2D eigenvalue weighted by Gasteiger charge is 2.21. The maximum Gasteiger partial charge on any atom is 0.127 e. The van der Waals surface area contributed by atoms with Gasteiger partial charge in [0, 0.05) is 50.9 Å². The molecule has 1 atom stereocenters. The van der Waals surface area contributed by atoms with Crippen molar-refractivity contribution in [2.75, 3.05) is 60.0 Å². The van der Waals surface area contributed by atoms with Crippen LogP contribution >= 0.6 is 0 Å². The molecule has 3 rings (SSSR count). The molecule has 26 heavy (non-hydrogen) atoms. The highest BCUT2D eigenvalue weighted by atomic mass is 16.5. The van der Waals surface area contributed by atoms with E-state index >= 15 is 0 Å². The number of likely N-dealkylation sites (N-methyl/N-ethyl adjacent to an activating group) is 1. The number of methoxy groups -OCH3 is 1. The van der Waals surface area contributed by atoms with Gasteiger partial charge in [0.25, 0.3) is 0 Å². The molecule has 6 nitrogen and oxygen atoms in total. The predicted molar refractivity (Wildman–Crippen MR) is 103 cm³/mol. The minimum Gasteiger partial charge on any atom is -0.497 e. The molecule has 0 bridgehead atoms. The van der Waals surface area contributed by atoms with Crippen molar-refractivity contribution in [3.63, 3.8) is 0 Å². The topological polar surface area (TPSA) is 57.2 Å². The highest BCUT2D eigenvalue weighted by molar-refractivity contribution is 5.40. The smallest absolute Gasteiger partial charge is 0.127 e. The summed E-state index contributed by atoms with van der Waals surface area (Å²) in [4.78, 5) is 4.62. The van der Waals surface area contributed by atoms with Gasteiger partial charge >= 0.3 is 0 Å². The molecular formula is C20H33N3O3. The van der Waals surface area contributed by atoms with Gasteiger partial charge in [0.15, 0.2) is 0 Å². The third-order valence-corrected chi connectivity index (χ3v) is 5.22. The molecule has 1 aliphatic carbocycles. The monoisotopic (exact) mass is 363 g/mol. The molecule has 6 heteroatoms. The third kappa shape index (κ3) is 6.13. The fourth-order valence-corrected chi connectivity index (χ4v) is 3.24. The van der Waals surface area contributed by atoms with Gasteiger partial charge in [0.05, 0.1) is 7.11 Å². The molecule has 1 aromatic rings. The zero-order valence-electron chi connectivity index (χ0n) is 16.1. The van der Waals surface area contributed by atoms with E-state index in [-0.39, 0.29) is 0 Å². The Morgan fingerprint density at radius 3 is 2.69 bits per heavy atom. The van der Waals surface area contributed by atoms with Gasteiger partial charge in [-0.15, -0.1) is 0 Å². The molecular weight excluding hydrogens is 330 g/mol. The van der Waals surface area contributed by atoms with Crippen LogP contribution in [0.1, 0.15) is 18.4 Å². The van der Waals surface area contributed by atoms with Crippen molar-refractivity contribution in [1.82, 2.24) is 15.1 Å². The lowest BCUT2D eigenvalue weighted by molar-refractivity contribution is 0.0501. The maximum absolute atomic E-state index is 10.4. The summed E-state index contributed by atoms with van der Waals surface area (Å²) in [5.74, 6) is 2.42. The largest absolute Gasteiger partial charge is 0.497 e. The number of rotatable bonds is 10. The van der Waals surface area contributed by atoms with E-state index in [4.69, 9.17) is 9.47 Å². The Bertz CT molecular complexity index is 557. The molecule has 2 aliphatic rings.